The Labute approximate surface area is 188 Å². The number of fused-ring (bicyclic) bond motifs is 1. The number of benzene rings is 3. The molecule has 0 aliphatic carbocycles. The predicted octanol–water partition coefficient (Wildman–Crippen LogP) is 2.98. The van der Waals surface area contributed by atoms with Gasteiger partial charge in [0, 0.05) is 24.0 Å². The second-order valence-electron chi connectivity index (χ2n) is 7.57. The zero-order chi connectivity index (χ0) is 22.6. The van der Waals surface area contributed by atoms with Gasteiger partial charge in [0.1, 0.15) is 12.4 Å². The number of hydrogen-bond acceptors (Lipinski definition) is 5. The van der Waals surface area contributed by atoms with E-state index in [-0.39, 0.29) is 10.8 Å². The maximum atomic E-state index is 12.9. The molecule has 1 aliphatic heterocycles. The number of rotatable bonds is 7. The molecule has 1 amide bonds. The van der Waals surface area contributed by atoms with Crippen LogP contribution >= 0.6 is 0 Å². The Kier molecular flexibility index (Phi) is 6.74. The molecule has 1 saturated heterocycles. The fraction of sp³-hybridized carbons (Fsp3) is 0.292. The summed E-state index contributed by atoms with van der Waals surface area (Å²) in [5, 5.41) is 4.92. The number of ether oxygens (including phenoxy) is 2. The average Bonchev–Trinajstić information content (AvgIpc) is 2.82. The highest BCUT2D eigenvalue weighted by molar-refractivity contribution is 7.89. The number of carbonyl (C=O) groups excluding carboxylic acids is 1. The highest BCUT2D eigenvalue weighted by Gasteiger charge is 2.27. The Morgan fingerprint density at radius 3 is 2.62 bits per heavy atom. The summed E-state index contributed by atoms with van der Waals surface area (Å²) in [5.74, 6) is 0.426. The molecule has 0 unspecified atom stereocenters. The molecule has 0 spiro atoms. The van der Waals surface area contributed by atoms with Crippen LogP contribution in [-0.4, -0.2) is 58.1 Å². The molecule has 1 aliphatic rings. The topological polar surface area (TPSA) is 84.9 Å². The van der Waals surface area contributed by atoms with Crippen molar-refractivity contribution in [2.45, 2.75) is 11.8 Å². The molecular weight excluding hydrogens is 428 g/mol. The molecule has 3 aromatic carbocycles. The Hall–Kier alpha value is -2.94. The van der Waals surface area contributed by atoms with Gasteiger partial charge in [0.2, 0.25) is 10.0 Å². The number of nitrogens with zero attached hydrogens (tertiary/aromatic N) is 1. The quantitative estimate of drug-likeness (QED) is 0.555. The fourth-order valence-electron chi connectivity index (χ4n) is 3.68. The van der Waals surface area contributed by atoms with E-state index in [1.807, 2.05) is 42.5 Å². The molecule has 1 N–H and O–H groups in total. The second-order valence-corrected chi connectivity index (χ2v) is 9.51. The van der Waals surface area contributed by atoms with E-state index in [9.17, 15) is 13.2 Å². The maximum absolute atomic E-state index is 12.9. The largest absolute Gasteiger partial charge is 0.491 e. The Balaban J connectivity index is 1.40. The molecule has 1 fully saturated rings. The van der Waals surface area contributed by atoms with Crippen molar-refractivity contribution in [1.29, 1.82) is 0 Å². The van der Waals surface area contributed by atoms with Gasteiger partial charge in [-0.3, -0.25) is 4.79 Å². The lowest BCUT2D eigenvalue weighted by Crippen LogP contribution is -2.40. The molecule has 1 heterocycles. The molecule has 3 aromatic rings. The Morgan fingerprint density at radius 2 is 1.81 bits per heavy atom. The van der Waals surface area contributed by atoms with Crippen LogP contribution in [0.5, 0.6) is 5.75 Å². The lowest BCUT2D eigenvalue weighted by Gasteiger charge is -2.26. The lowest BCUT2D eigenvalue weighted by molar-refractivity contribution is 0.0730. The van der Waals surface area contributed by atoms with Gasteiger partial charge in [-0.2, -0.15) is 4.31 Å². The van der Waals surface area contributed by atoms with Crippen molar-refractivity contribution in [1.82, 2.24) is 9.62 Å². The molecular formula is C24H26N2O5S. The van der Waals surface area contributed by atoms with Gasteiger partial charge in [-0.1, -0.05) is 42.5 Å². The number of nitrogens with one attached hydrogen (secondary N) is 1. The van der Waals surface area contributed by atoms with Crippen LogP contribution in [0.15, 0.2) is 65.6 Å². The van der Waals surface area contributed by atoms with Gasteiger partial charge in [0.25, 0.3) is 5.91 Å². The Bertz CT molecular complexity index is 1210. The maximum Gasteiger partial charge on any atom is 0.251 e. The van der Waals surface area contributed by atoms with E-state index in [0.717, 1.165) is 16.5 Å². The summed E-state index contributed by atoms with van der Waals surface area (Å²) in [6.45, 7) is 3.73. The summed E-state index contributed by atoms with van der Waals surface area (Å²) in [5.41, 5.74) is 1.04. The lowest BCUT2D eigenvalue weighted by atomic mass is 10.1. The summed E-state index contributed by atoms with van der Waals surface area (Å²) < 4.78 is 38.3. The van der Waals surface area contributed by atoms with Crippen molar-refractivity contribution in [3.05, 3.63) is 71.8 Å². The SMILES string of the molecule is Cc1ccc(S(=O)(=O)N2CCOCC2)cc1C(=O)NCCOc1cccc2ccccc12. The highest BCUT2D eigenvalue weighted by Crippen LogP contribution is 2.25. The number of morpholine rings is 1. The second kappa shape index (κ2) is 9.68. The Morgan fingerprint density at radius 1 is 1.06 bits per heavy atom. The number of aryl methyl sites for hydroxylation is 1. The normalized spacial score (nSPS) is 14.9. The average molecular weight is 455 g/mol. The van der Waals surface area contributed by atoms with E-state index in [2.05, 4.69) is 5.32 Å². The highest BCUT2D eigenvalue weighted by atomic mass is 32.2. The number of hydrogen-bond donors (Lipinski definition) is 1. The van der Waals surface area contributed by atoms with Crippen LogP contribution in [0.3, 0.4) is 0 Å². The molecule has 0 bridgehead atoms. The van der Waals surface area contributed by atoms with Gasteiger partial charge in [0.15, 0.2) is 0 Å². The first-order valence-corrected chi connectivity index (χ1v) is 12.0. The van der Waals surface area contributed by atoms with Gasteiger partial charge in [-0.15, -0.1) is 0 Å². The molecule has 32 heavy (non-hydrogen) atoms. The van der Waals surface area contributed by atoms with Crippen molar-refractivity contribution < 1.29 is 22.7 Å². The first-order chi connectivity index (χ1) is 15.5. The minimum atomic E-state index is -3.67. The zero-order valence-electron chi connectivity index (χ0n) is 17.9. The molecule has 4 rings (SSSR count). The molecule has 0 saturated carbocycles. The first-order valence-electron chi connectivity index (χ1n) is 10.5. The first kappa shape index (κ1) is 22.3. The summed E-state index contributed by atoms with van der Waals surface area (Å²) in [6, 6.07) is 18.4. The van der Waals surface area contributed by atoms with Crippen LogP contribution in [0, 0.1) is 6.92 Å². The number of amides is 1. The van der Waals surface area contributed by atoms with E-state index < -0.39 is 10.0 Å². The van der Waals surface area contributed by atoms with Crippen molar-refractivity contribution >= 4 is 26.7 Å². The van der Waals surface area contributed by atoms with E-state index in [4.69, 9.17) is 9.47 Å². The number of sulfonamides is 1. The summed E-state index contributed by atoms with van der Waals surface area (Å²) >= 11 is 0. The summed E-state index contributed by atoms with van der Waals surface area (Å²) in [6.07, 6.45) is 0. The van der Waals surface area contributed by atoms with Crippen molar-refractivity contribution in [3.63, 3.8) is 0 Å². The molecule has 168 valence electrons. The molecule has 0 aromatic heterocycles. The standard InChI is InChI=1S/C24H26N2O5S/c1-18-9-10-20(32(28,29)26-12-15-30-16-13-26)17-22(18)24(27)25-11-14-31-23-8-4-6-19-5-2-3-7-21(19)23/h2-10,17H,11-16H2,1H3,(H,25,27). The van der Waals surface area contributed by atoms with Crippen molar-refractivity contribution in [3.8, 4) is 5.75 Å². The van der Waals surface area contributed by atoms with Crippen LogP contribution in [0.2, 0.25) is 0 Å². The molecule has 8 heteroatoms. The molecule has 0 atom stereocenters. The van der Waals surface area contributed by atoms with Gasteiger partial charge in [-0.25, -0.2) is 8.42 Å². The molecule has 0 radical (unpaired) electrons. The smallest absolute Gasteiger partial charge is 0.251 e. The van der Waals surface area contributed by atoms with E-state index in [1.165, 1.54) is 10.4 Å². The van der Waals surface area contributed by atoms with E-state index in [0.29, 0.717) is 50.6 Å². The van der Waals surface area contributed by atoms with Gasteiger partial charge in [-0.05, 0) is 36.1 Å². The van der Waals surface area contributed by atoms with E-state index in [1.54, 1.807) is 19.1 Å². The van der Waals surface area contributed by atoms with Crippen molar-refractivity contribution in [2.75, 3.05) is 39.5 Å². The third-order valence-electron chi connectivity index (χ3n) is 5.46. The van der Waals surface area contributed by atoms with Gasteiger partial charge >= 0.3 is 0 Å². The summed E-state index contributed by atoms with van der Waals surface area (Å²) in [4.78, 5) is 12.9. The third-order valence-corrected chi connectivity index (χ3v) is 7.35. The van der Waals surface area contributed by atoms with Crippen LogP contribution in [0.1, 0.15) is 15.9 Å². The minimum absolute atomic E-state index is 0.113. The van der Waals surface area contributed by atoms with Crippen LogP contribution in [0.25, 0.3) is 10.8 Å². The molecule has 7 nitrogen and oxygen atoms in total. The van der Waals surface area contributed by atoms with Crippen LogP contribution in [-0.2, 0) is 14.8 Å². The van der Waals surface area contributed by atoms with Crippen LogP contribution in [0.4, 0.5) is 0 Å². The van der Waals surface area contributed by atoms with Gasteiger partial charge in [0.05, 0.1) is 24.7 Å². The predicted molar refractivity (Wildman–Crippen MR) is 123 cm³/mol. The van der Waals surface area contributed by atoms with Gasteiger partial charge < -0.3 is 14.8 Å². The fourth-order valence-corrected chi connectivity index (χ4v) is 5.12. The summed E-state index contributed by atoms with van der Waals surface area (Å²) in [7, 11) is -3.67. The minimum Gasteiger partial charge on any atom is -0.491 e. The zero-order valence-corrected chi connectivity index (χ0v) is 18.7. The monoisotopic (exact) mass is 454 g/mol. The van der Waals surface area contributed by atoms with E-state index >= 15 is 0 Å². The van der Waals surface area contributed by atoms with Crippen molar-refractivity contribution in [2.24, 2.45) is 0 Å². The third kappa shape index (κ3) is 4.77. The van der Waals surface area contributed by atoms with Crippen LogP contribution < -0.4 is 10.1 Å². The number of carbonyl (C=O) groups is 1.